The average molecular weight is 296 g/mol. The zero-order chi connectivity index (χ0) is 14.8. The Bertz CT molecular complexity index is 418. The Morgan fingerprint density at radius 1 is 1.45 bits per heavy atom. The maximum absolute atomic E-state index is 6.28. The number of nitrogens with zero attached hydrogens (tertiary/aromatic N) is 1. The number of thiazole rings is 1. The largest absolute Gasteiger partial charge is 0.378 e. The topological polar surface area (TPSA) is 48.1 Å². The zero-order valence-corrected chi connectivity index (χ0v) is 14.0. The van der Waals surface area contributed by atoms with Crippen LogP contribution in [0.1, 0.15) is 57.7 Å². The predicted molar refractivity (Wildman–Crippen MR) is 85.2 cm³/mol. The number of hydrogen-bond acceptors (Lipinski definition) is 4. The zero-order valence-electron chi connectivity index (χ0n) is 13.2. The van der Waals surface area contributed by atoms with Crippen molar-refractivity contribution in [3.05, 3.63) is 16.1 Å². The highest BCUT2D eigenvalue weighted by molar-refractivity contribution is 7.09. The fourth-order valence-electron chi connectivity index (χ4n) is 2.72. The van der Waals surface area contributed by atoms with E-state index in [1.54, 1.807) is 11.3 Å². The molecule has 1 fully saturated rings. The van der Waals surface area contributed by atoms with Gasteiger partial charge in [0.2, 0.25) is 0 Å². The molecule has 1 saturated carbocycles. The van der Waals surface area contributed by atoms with E-state index in [0.29, 0.717) is 6.10 Å². The highest BCUT2D eigenvalue weighted by Gasteiger charge is 2.30. The van der Waals surface area contributed by atoms with Crippen molar-refractivity contribution in [3.8, 4) is 0 Å². The highest BCUT2D eigenvalue weighted by atomic mass is 32.1. The van der Waals surface area contributed by atoms with E-state index in [2.05, 4.69) is 33.1 Å². The van der Waals surface area contributed by atoms with Crippen LogP contribution in [-0.4, -0.2) is 23.7 Å². The Morgan fingerprint density at radius 3 is 2.70 bits per heavy atom. The lowest BCUT2D eigenvalue weighted by atomic mass is 9.78. The molecule has 0 spiro atoms. The van der Waals surface area contributed by atoms with Gasteiger partial charge in [-0.1, -0.05) is 20.8 Å². The second-order valence-electron chi connectivity index (χ2n) is 6.99. The molecule has 20 heavy (non-hydrogen) atoms. The molecule has 1 aliphatic carbocycles. The molecule has 1 atom stereocenters. The smallest absolute Gasteiger partial charge is 0.0943 e. The molecule has 2 rings (SSSR count). The van der Waals surface area contributed by atoms with E-state index in [9.17, 15) is 0 Å². The van der Waals surface area contributed by atoms with Crippen LogP contribution in [0, 0.1) is 5.92 Å². The maximum Gasteiger partial charge on any atom is 0.0943 e. The van der Waals surface area contributed by atoms with Crippen molar-refractivity contribution in [3.63, 3.8) is 0 Å². The molecule has 0 bridgehead atoms. The van der Waals surface area contributed by atoms with Crippen LogP contribution in [0.15, 0.2) is 5.38 Å². The van der Waals surface area contributed by atoms with Crippen molar-refractivity contribution in [2.75, 3.05) is 6.61 Å². The van der Waals surface area contributed by atoms with Crippen LogP contribution in [0.3, 0.4) is 0 Å². The third-order valence-electron chi connectivity index (χ3n) is 3.99. The van der Waals surface area contributed by atoms with Crippen LogP contribution in [0.5, 0.6) is 0 Å². The summed E-state index contributed by atoms with van der Waals surface area (Å²) in [5.41, 5.74) is 7.60. The van der Waals surface area contributed by atoms with Gasteiger partial charge in [-0.25, -0.2) is 4.98 Å². The van der Waals surface area contributed by atoms with Gasteiger partial charge < -0.3 is 10.5 Å². The van der Waals surface area contributed by atoms with E-state index in [4.69, 9.17) is 15.5 Å². The third-order valence-corrected chi connectivity index (χ3v) is 4.86. The Hall–Kier alpha value is -0.450. The van der Waals surface area contributed by atoms with Gasteiger partial charge in [-0.3, -0.25) is 0 Å². The Morgan fingerprint density at radius 2 is 2.15 bits per heavy atom. The second kappa shape index (κ2) is 6.54. The normalized spacial score (nSPS) is 24.4. The van der Waals surface area contributed by atoms with Crippen LogP contribution in [0.25, 0.3) is 0 Å². The summed E-state index contributed by atoms with van der Waals surface area (Å²) >= 11 is 1.75. The average Bonchev–Trinajstić information content (AvgIpc) is 2.74. The van der Waals surface area contributed by atoms with Gasteiger partial charge in [0.15, 0.2) is 0 Å². The predicted octanol–water partition coefficient (Wildman–Crippen LogP) is 3.52. The van der Waals surface area contributed by atoms with Gasteiger partial charge in [0.05, 0.1) is 16.8 Å². The summed E-state index contributed by atoms with van der Waals surface area (Å²) in [6.45, 7) is 9.50. The van der Waals surface area contributed by atoms with E-state index >= 15 is 0 Å². The molecule has 1 heterocycles. The molecule has 1 aromatic rings. The molecular weight excluding hydrogens is 268 g/mol. The monoisotopic (exact) mass is 296 g/mol. The Labute approximate surface area is 126 Å². The minimum absolute atomic E-state index is 0.136. The number of hydrogen-bond donors (Lipinski definition) is 1. The van der Waals surface area contributed by atoms with Crippen LogP contribution >= 0.6 is 11.3 Å². The lowest BCUT2D eigenvalue weighted by Crippen LogP contribution is -2.36. The molecule has 0 aliphatic heterocycles. The standard InChI is InChI=1S/C16H28N2OS/c1-5-19-13-7-11(8-13)6-12(17)9-15-18-14(10-20-15)16(2,3)4/h10-13H,5-9,17H2,1-4H3. The molecule has 0 aromatic carbocycles. The molecule has 0 amide bonds. The van der Waals surface area contributed by atoms with E-state index in [0.717, 1.165) is 25.4 Å². The molecule has 2 N–H and O–H groups in total. The van der Waals surface area contributed by atoms with Crippen molar-refractivity contribution in [2.24, 2.45) is 11.7 Å². The molecule has 3 nitrogen and oxygen atoms in total. The van der Waals surface area contributed by atoms with Gasteiger partial charge in [0, 0.05) is 29.9 Å². The van der Waals surface area contributed by atoms with E-state index in [1.807, 2.05) is 0 Å². The number of nitrogens with two attached hydrogens (primary N) is 1. The summed E-state index contributed by atoms with van der Waals surface area (Å²) in [5.74, 6) is 0.753. The molecule has 4 heteroatoms. The molecule has 0 saturated heterocycles. The van der Waals surface area contributed by atoms with Gasteiger partial charge in [-0.15, -0.1) is 11.3 Å². The van der Waals surface area contributed by atoms with E-state index < -0.39 is 0 Å². The number of rotatable bonds is 6. The highest BCUT2D eigenvalue weighted by Crippen LogP contribution is 2.34. The first-order valence-electron chi connectivity index (χ1n) is 7.70. The molecule has 114 valence electrons. The van der Waals surface area contributed by atoms with Gasteiger partial charge in [-0.2, -0.15) is 0 Å². The molecular formula is C16H28N2OS. The number of ether oxygens (including phenoxy) is 1. The Kier molecular flexibility index (Phi) is 5.21. The minimum Gasteiger partial charge on any atom is -0.378 e. The van der Waals surface area contributed by atoms with Crippen molar-refractivity contribution < 1.29 is 4.74 Å². The fourth-order valence-corrected chi connectivity index (χ4v) is 3.84. The fraction of sp³-hybridized carbons (Fsp3) is 0.812. The maximum atomic E-state index is 6.28. The summed E-state index contributed by atoms with van der Waals surface area (Å²) in [5, 5.41) is 3.36. The van der Waals surface area contributed by atoms with E-state index in [1.165, 1.54) is 23.5 Å². The van der Waals surface area contributed by atoms with Crippen molar-refractivity contribution in [1.29, 1.82) is 0 Å². The van der Waals surface area contributed by atoms with Crippen LogP contribution in [-0.2, 0) is 16.6 Å². The summed E-state index contributed by atoms with van der Waals surface area (Å²) in [6.07, 6.45) is 4.88. The van der Waals surface area contributed by atoms with Gasteiger partial charge in [-0.05, 0) is 32.1 Å². The van der Waals surface area contributed by atoms with Crippen LogP contribution in [0.4, 0.5) is 0 Å². The minimum atomic E-state index is 0.136. The van der Waals surface area contributed by atoms with Crippen molar-refractivity contribution in [1.82, 2.24) is 4.98 Å². The summed E-state index contributed by atoms with van der Waals surface area (Å²) in [7, 11) is 0. The molecule has 1 aromatic heterocycles. The summed E-state index contributed by atoms with van der Waals surface area (Å²) in [4.78, 5) is 4.73. The lowest BCUT2D eigenvalue weighted by Gasteiger charge is -2.36. The van der Waals surface area contributed by atoms with E-state index in [-0.39, 0.29) is 11.5 Å². The summed E-state index contributed by atoms with van der Waals surface area (Å²) in [6, 6.07) is 0.238. The molecule has 1 aliphatic rings. The first-order chi connectivity index (χ1) is 9.38. The summed E-state index contributed by atoms with van der Waals surface area (Å²) < 4.78 is 5.60. The second-order valence-corrected chi connectivity index (χ2v) is 7.93. The quantitative estimate of drug-likeness (QED) is 0.874. The van der Waals surface area contributed by atoms with Gasteiger partial charge in [0.1, 0.15) is 0 Å². The first-order valence-corrected chi connectivity index (χ1v) is 8.58. The van der Waals surface area contributed by atoms with Gasteiger partial charge in [0.25, 0.3) is 0 Å². The van der Waals surface area contributed by atoms with Crippen LogP contribution in [0.2, 0.25) is 0 Å². The molecule has 1 unspecified atom stereocenters. The van der Waals surface area contributed by atoms with Crippen LogP contribution < -0.4 is 5.73 Å². The lowest BCUT2D eigenvalue weighted by molar-refractivity contribution is -0.0280. The Balaban J connectivity index is 1.75. The first kappa shape index (κ1) is 15.9. The number of aromatic nitrogens is 1. The van der Waals surface area contributed by atoms with Crippen molar-refractivity contribution >= 4 is 11.3 Å². The van der Waals surface area contributed by atoms with Gasteiger partial charge >= 0.3 is 0 Å². The SMILES string of the molecule is CCOC1CC(CC(N)Cc2nc(C(C)(C)C)cs2)C1. The third kappa shape index (κ3) is 4.27. The van der Waals surface area contributed by atoms with Crippen molar-refractivity contribution in [2.45, 2.75) is 70.9 Å². The molecule has 0 radical (unpaired) electrons.